The molecule has 1 amide bonds. The SMILES string of the molecule is CC(C)(C)OC(=O)N1CC2C(C)(C)C2(CCCOCc2ccccc2)C1. The Morgan fingerprint density at radius 3 is 2.58 bits per heavy atom. The van der Waals surface area contributed by atoms with E-state index in [2.05, 4.69) is 26.0 Å². The average molecular weight is 360 g/mol. The molecule has 0 bridgehead atoms. The molecule has 0 N–H and O–H groups in total. The van der Waals surface area contributed by atoms with E-state index in [1.165, 1.54) is 5.56 Å². The molecule has 1 saturated carbocycles. The zero-order valence-corrected chi connectivity index (χ0v) is 16.9. The van der Waals surface area contributed by atoms with E-state index in [4.69, 9.17) is 9.47 Å². The highest BCUT2D eigenvalue weighted by Crippen LogP contribution is 2.74. The van der Waals surface area contributed by atoms with Gasteiger partial charge in [-0.15, -0.1) is 0 Å². The number of amides is 1. The highest BCUT2D eigenvalue weighted by atomic mass is 16.6. The number of nitrogens with zero attached hydrogens (tertiary/aromatic N) is 1. The maximum Gasteiger partial charge on any atom is 0.410 e. The van der Waals surface area contributed by atoms with Gasteiger partial charge in [0.05, 0.1) is 6.61 Å². The standard InChI is InChI=1S/C22H33NO3/c1-20(2,3)26-19(24)23-14-18-21(4,5)22(18,16-23)12-9-13-25-15-17-10-7-6-8-11-17/h6-8,10-11,18H,9,12-16H2,1-5H3. The largest absolute Gasteiger partial charge is 0.444 e. The summed E-state index contributed by atoms with van der Waals surface area (Å²) < 4.78 is 11.4. The Morgan fingerprint density at radius 1 is 1.23 bits per heavy atom. The first-order valence-electron chi connectivity index (χ1n) is 9.75. The van der Waals surface area contributed by atoms with Gasteiger partial charge in [-0.25, -0.2) is 4.79 Å². The Bertz CT molecular complexity index is 635. The minimum Gasteiger partial charge on any atom is -0.444 e. The molecule has 2 aliphatic rings. The fourth-order valence-electron chi connectivity index (χ4n) is 4.70. The van der Waals surface area contributed by atoms with Crippen LogP contribution in [-0.2, 0) is 16.1 Å². The molecule has 2 unspecified atom stereocenters. The Morgan fingerprint density at radius 2 is 1.92 bits per heavy atom. The predicted octanol–water partition coefficient (Wildman–Crippen LogP) is 4.88. The summed E-state index contributed by atoms with van der Waals surface area (Å²) in [5.74, 6) is 0.580. The van der Waals surface area contributed by atoms with Gasteiger partial charge in [-0.05, 0) is 55.9 Å². The minimum atomic E-state index is -0.433. The van der Waals surface area contributed by atoms with Crippen molar-refractivity contribution in [2.24, 2.45) is 16.7 Å². The van der Waals surface area contributed by atoms with Crippen molar-refractivity contribution in [3.05, 3.63) is 35.9 Å². The normalized spacial score (nSPS) is 26.5. The van der Waals surface area contributed by atoms with Gasteiger partial charge in [0.15, 0.2) is 0 Å². The van der Waals surface area contributed by atoms with Crippen molar-refractivity contribution in [1.82, 2.24) is 4.90 Å². The quantitative estimate of drug-likeness (QED) is 0.680. The third-order valence-corrected chi connectivity index (χ3v) is 6.29. The summed E-state index contributed by atoms with van der Waals surface area (Å²) in [5.41, 5.74) is 1.33. The topological polar surface area (TPSA) is 38.8 Å². The molecule has 144 valence electrons. The van der Waals surface area contributed by atoms with E-state index >= 15 is 0 Å². The zero-order valence-electron chi connectivity index (χ0n) is 16.9. The molecule has 0 spiro atoms. The summed E-state index contributed by atoms with van der Waals surface area (Å²) in [5, 5.41) is 0. The summed E-state index contributed by atoms with van der Waals surface area (Å²) in [4.78, 5) is 14.3. The number of likely N-dealkylation sites (tertiary alicyclic amines) is 1. The Hall–Kier alpha value is -1.55. The first-order valence-corrected chi connectivity index (χ1v) is 9.75. The molecule has 1 aromatic rings. The number of piperidine rings is 1. The van der Waals surface area contributed by atoms with Crippen molar-refractivity contribution in [3.63, 3.8) is 0 Å². The lowest BCUT2D eigenvalue weighted by Gasteiger charge is -2.29. The van der Waals surface area contributed by atoms with Crippen LogP contribution in [0.2, 0.25) is 0 Å². The van der Waals surface area contributed by atoms with Crippen LogP contribution in [-0.4, -0.2) is 36.3 Å². The average Bonchev–Trinajstić information content (AvgIpc) is 2.85. The number of benzene rings is 1. The molecule has 2 fully saturated rings. The molecule has 3 rings (SSSR count). The molecule has 4 nitrogen and oxygen atoms in total. The number of carbonyl (C=O) groups excluding carboxylic acids is 1. The highest BCUT2D eigenvalue weighted by Gasteiger charge is 2.74. The monoisotopic (exact) mass is 359 g/mol. The smallest absolute Gasteiger partial charge is 0.410 e. The van der Waals surface area contributed by atoms with Crippen LogP contribution in [0.15, 0.2) is 30.3 Å². The lowest BCUT2D eigenvalue weighted by molar-refractivity contribution is 0.0229. The van der Waals surface area contributed by atoms with Crippen molar-refractivity contribution in [1.29, 1.82) is 0 Å². The van der Waals surface area contributed by atoms with E-state index in [0.29, 0.717) is 17.9 Å². The van der Waals surface area contributed by atoms with Crippen LogP contribution in [0.3, 0.4) is 0 Å². The van der Waals surface area contributed by atoms with Crippen LogP contribution < -0.4 is 0 Å². The second-order valence-electron chi connectivity index (χ2n) is 9.43. The molecule has 1 saturated heterocycles. The van der Waals surface area contributed by atoms with Gasteiger partial charge >= 0.3 is 6.09 Å². The van der Waals surface area contributed by atoms with E-state index in [0.717, 1.165) is 32.5 Å². The lowest BCUT2D eigenvalue weighted by atomic mass is 9.91. The van der Waals surface area contributed by atoms with E-state index < -0.39 is 5.60 Å². The second-order valence-corrected chi connectivity index (χ2v) is 9.43. The third-order valence-electron chi connectivity index (χ3n) is 6.29. The first-order chi connectivity index (χ1) is 12.2. The van der Waals surface area contributed by atoms with Crippen molar-refractivity contribution in [3.8, 4) is 0 Å². The van der Waals surface area contributed by atoms with Gasteiger partial charge in [-0.3, -0.25) is 0 Å². The predicted molar refractivity (Wildman–Crippen MR) is 103 cm³/mol. The molecule has 26 heavy (non-hydrogen) atoms. The third kappa shape index (κ3) is 3.75. The van der Waals surface area contributed by atoms with Crippen molar-refractivity contribution in [2.45, 2.75) is 59.7 Å². The Labute approximate surface area is 157 Å². The van der Waals surface area contributed by atoms with Crippen LogP contribution in [0.5, 0.6) is 0 Å². The molecule has 1 aliphatic heterocycles. The summed E-state index contributed by atoms with van der Waals surface area (Å²) in [6, 6.07) is 10.3. The molecule has 1 heterocycles. The van der Waals surface area contributed by atoms with Gasteiger partial charge in [-0.1, -0.05) is 44.2 Å². The summed E-state index contributed by atoms with van der Waals surface area (Å²) in [7, 11) is 0. The summed E-state index contributed by atoms with van der Waals surface area (Å²) in [6.07, 6.45) is 1.98. The number of fused-ring (bicyclic) bond motifs is 1. The van der Waals surface area contributed by atoms with Gasteiger partial charge < -0.3 is 14.4 Å². The maximum absolute atomic E-state index is 12.4. The lowest BCUT2D eigenvalue weighted by Crippen LogP contribution is -2.39. The van der Waals surface area contributed by atoms with Crippen LogP contribution in [0.4, 0.5) is 4.79 Å². The van der Waals surface area contributed by atoms with Crippen molar-refractivity contribution < 1.29 is 14.3 Å². The fourth-order valence-corrected chi connectivity index (χ4v) is 4.70. The van der Waals surface area contributed by atoms with E-state index in [1.54, 1.807) is 0 Å². The number of ether oxygens (including phenoxy) is 2. The minimum absolute atomic E-state index is 0.166. The second kappa shape index (κ2) is 6.88. The first kappa shape index (κ1) is 19.2. The number of hydrogen-bond donors (Lipinski definition) is 0. The van der Waals surface area contributed by atoms with Crippen LogP contribution >= 0.6 is 0 Å². The molecular weight excluding hydrogens is 326 g/mol. The fraction of sp³-hybridized carbons (Fsp3) is 0.682. The van der Waals surface area contributed by atoms with E-state index in [1.807, 2.05) is 43.9 Å². The van der Waals surface area contributed by atoms with E-state index in [-0.39, 0.29) is 11.5 Å². The molecule has 4 heteroatoms. The van der Waals surface area contributed by atoms with Crippen molar-refractivity contribution >= 4 is 6.09 Å². The summed E-state index contributed by atoms with van der Waals surface area (Å²) >= 11 is 0. The van der Waals surface area contributed by atoms with Crippen LogP contribution in [0.25, 0.3) is 0 Å². The van der Waals surface area contributed by atoms with Crippen molar-refractivity contribution in [2.75, 3.05) is 19.7 Å². The van der Waals surface area contributed by atoms with Gasteiger partial charge in [0.2, 0.25) is 0 Å². The zero-order chi connectivity index (χ0) is 19.0. The van der Waals surface area contributed by atoms with Gasteiger partial charge in [0.25, 0.3) is 0 Å². The van der Waals surface area contributed by atoms with Gasteiger partial charge in [0.1, 0.15) is 5.60 Å². The molecule has 2 atom stereocenters. The maximum atomic E-state index is 12.4. The van der Waals surface area contributed by atoms with Crippen LogP contribution in [0, 0.1) is 16.7 Å². The number of carbonyl (C=O) groups is 1. The molecule has 0 aromatic heterocycles. The molecule has 0 radical (unpaired) electrons. The molecule has 1 aromatic carbocycles. The molecule has 1 aliphatic carbocycles. The Balaban J connectivity index is 1.46. The summed E-state index contributed by atoms with van der Waals surface area (Å²) in [6.45, 7) is 13.5. The molecular formula is C22H33NO3. The van der Waals surface area contributed by atoms with E-state index in [9.17, 15) is 4.79 Å². The Kier molecular flexibility index (Phi) is 5.08. The van der Waals surface area contributed by atoms with Gasteiger partial charge in [-0.2, -0.15) is 0 Å². The highest BCUT2D eigenvalue weighted by molar-refractivity contribution is 5.69. The number of hydrogen-bond acceptors (Lipinski definition) is 3. The van der Waals surface area contributed by atoms with Crippen LogP contribution in [0.1, 0.15) is 53.0 Å². The number of rotatable bonds is 6. The van der Waals surface area contributed by atoms with Gasteiger partial charge in [0, 0.05) is 19.7 Å².